The molecule has 2 aromatic rings. The number of hydrogen-bond donors (Lipinski definition) is 3. The zero-order valence-electron chi connectivity index (χ0n) is 18.7. The van der Waals surface area contributed by atoms with Crippen LogP contribution in [0.15, 0.2) is 48.5 Å². The highest BCUT2D eigenvalue weighted by molar-refractivity contribution is 6.05. The van der Waals surface area contributed by atoms with Gasteiger partial charge in [-0.2, -0.15) is 0 Å². The molecule has 0 bridgehead atoms. The van der Waals surface area contributed by atoms with Gasteiger partial charge in [-0.15, -0.1) is 0 Å². The van der Waals surface area contributed by atoms with E-state index in [1.807, 2.05) is 33.8 Å². The summed E-state index contributed by atoms with van der Waals surface area (Å²) in [5.74, 6) is -0.295. The highest BCUT2D eigenvalue weighted by atomic mass is 16.2. The van der Waals surface area contributed by atoms with Crippen LogP contribution < -0.4 is 16.0 Å². The standard InChI is InChI=1S/C24H32N4O3/c1-5-28(6-2)24(31)19-12-8-9-13-20(19)25-16-22(29)27-21-14-10-7-11-18(21)23(30)26-15-17(3)4/h7-14,17,25H,5-6,15-16H2,1-4H3,(H,26,30)(H,27,29). The first kappa shape index (κ1) is 23.9. The summed E-state index contributed by atoms with van der Waals surface area (Å²) in [4.78, 5) is 39.5. The Kier molecular flexibility index (Phi) is 9.06. The van der Waals surface area contributed by atoms with Crippen LogP contribution >= 0.6 is 0 Å². The Morgan fingerprint density at radius 1 is 0.871 bits per heavy atom. The Balaban J connectivity index is 2.06. The van der Waals surface area contributed by atoms with Gasteiger partial charge in [0.05, 0.1) is 23.4 Å². The molecule has 7 nitrogen and oxygen atoms in total. The molecule has 0 fully saturated rings. The van der Waals surface area contributed by atoms with E-state index in [-0.39, 0.29) is 24.3 Å². The van der Waals surface area contributed by atoms with Crippen molar-refractivity contribution in [2.75, 3.05) is 36.8 Å². The lowest BCUT2D eigenvalue weighted by Gasteiger charge is -2.20. The van der Waals surface area contributed by atoms with Crippen molar-refractivity contribution in [2.45, 2.75) is 27.7 Å². The van der Waals surface area contributed by atoms with E-state index in [1.165, 1.54) is 0 Å². The number of amides is 3. The second-order valence-electron chi connectivity index (χ2n) is 7.57. The van der Waals surface area contributed by atoms with E-state index >= 15 is 0 Å². The summed E-state index contributed by atoms with van der Waals surface area (Å²) in [5, 5.41) is 8.69. The second kappa shape index (κ2) is 11.7. The number of benzene rings is 2. The molecular formula is C24H32N4O3. The Morgan fingerprint density at radius 2 is 1.45 bits per heavy atom. The van der Waals surface area contributed by atoms with E-state index in [9.17, 15) is 14.4 Å². The van der Waals surface area contributed by atoms with Crippen molar-refractivity contribution in [2.24, 2.45) is 5.92 Å². The predicted molar refractivity (Wildman–Crippen MR) is 124 cm³/mol. The lowest BCUT2D eigenvalue weighted by Crippen LogP contribution is -2.31. The third kappa shape index (κ3) is 6.84. The Morgan fingerprint density at radius 3 is 2.06 bits per heavy atom. The number of carbonyl (C=O) groups excluding carboxylic acids is 3. The van der Waals surface area contributed by atoms with E-state index in [2.05, 4.69) is 16.0 Å². The average molecular weight is 425 g/mol. The van der Waals surface area contributed by atoms with Crippen molar-refractivity contribution in [1.29, 1.82) is 0 Å². The maximum absolute atomic E-state index is 12.7. The lowest BCUT2D eigenvalue weighted by atomic mass is 10.1. The van der Waals surface area contributed by atoms with Crippen LogP contribution in [0.2, 0.25) is 0 Å². The second-order valence-corrected chi connectivity index (χ2v) is 7.57. The number of carbonyl (C=O) groups is 3. The third-order valence-corrected chi connectivity index (χ3v) is 4.76. The van der Waals surface area contributed by atoms with E-state index in [0.717, 1.165) is 0 Å². The van der Waals surface area contributed by atoms with Gasteiger partial charge in [0.2, 0.25) is 5.91 Å². The van der Waals surface area contributed by atoms with Crippen molar-refractivity contribution in [3.8, 4) is 0 Å². The largest absolute Gasteiger partial charge is 0.376 e. The number of rotatable bonds is 10. The van der Waals surface area contributed by atoms with Gasteiger partial charge in [0, 0.05) is 25.3 Å². The summed E-state index contributed by atoms with van der Waals surface area (Å²) in [7, 11) is 0. The summed E-state index contributed by atoms with van der Waals surface area (Å²) in [5.41, 5.74) is 1.97. The van der Waals surface area contributed by atoms with Crippen LogP contribution in [0.3, 0.4) is 0 Å². The van der Waals surface area contributed by atoms with Crippen molar-refractivity contribution < 1.29 is 14.4 Å². The van der Waals surface area contributed by atoms with Gasteiger partial charge in [0.15, 0.2) is 0 Å². The van der Waals surface area contributed by atoms with Crippen molar-refractivity contribution >= 4 is 29.1 Å². The average Bonchev–Trinajstić information content (AvgIpc) is 2.77. The molecule has 0 unspecified atom stereocenters. The van der Waals surface area contributed by atoms with Crippen LogP contribution in [0.5, 0.6) is 0 Å². The molecule has 0 heterocycles. The minimum absolute atomic E-state index is 0.0372. The smallest absolute Gasteiger partial charge is 0.255 e. The van der Waals surface area contributed by atoms with E-state index in [4.69, 9.17) is 0 Å². The monoisotopic (exact) mass is 424 g/mol. The molecule has 31 heavy (non-hydrogen) atoms. The van der Waals surface area contributed by atoms with Gasteiger partial charge in [-0.3, -0.25) is 14.4 Å². The van der Waals surface area contributed by atoms with E-state index in [1.54, 1.807) is 47.4 Å². The minimum Gasteiger partial charge on any atom is -0.376 e. The molecule has 0 aliphatic carbocycles. The van der Waals surface area contributed by atoms with Crippen LogP contribution in [0.1, 0.15) is 48.4 Å². The van der Waals surface area contributed by atoms with Gasteiger partial charge in [-0.1, -0.05) is 38.1 Å². The lowest BCUT2D eigenvalue weighted by molar-refractivity contribution is -0.114. The molecule has 0 spiro atoms. The SMILES string of the molecule is CCN(CC)C(=O)c1ccccc1NCC(=O)Nc1ccccc1C(=O)NCC(C)C. The first-order valence-electron chi connectivity index (χ1n) is 10.7. The zero-order chi connectivity index (χ0) is 22.8. The van der Waals surface area contributed by atoms with Crippen molar-refractivity contribution in [1.82, 2.24) is 10.2 Å². The molecule has 7 heteroatoms. The number of nitrogens with one attached hydrogen (secondary N) is 3. The van der Waals surface area contributed by atoms with Crippen LogP contribution in [0, 0.1) is 5.92 Å². The molecule has 0 aliphatic rings. The first-order chi connectivity index (χ1) is 14.9. The van der Waals surface area contributed by atoms with Crippen LogP contribution in [-0.2, 0) is 4.79 Å². The molecular weight excluding hydrogens is 392 g/mol. The van der Waals surface area contributed by atoms with Crippen LogP contribution in [0.25, 0.3) is 0 Å². The van der Waals surface area contributed by atoms with Crippen molar-refractivity contribution in [3.63, 3.8) is 0 Å². The number of para-hydroxylation sites is 2. The molecule has 3 N–H and O–H groups in total. The first-order valence-corrected chi connectivity index (χ1v) is 10.7. The maximum Gasteiger partial charge on any atom is 0.255 e. The maximum atomic E-state index is 12.7. The Labute approximate surface area is 184 Å². The summed E-state index contributed by atoms with van der Waals surface area (Å²) in [6, 6.07) is 14.0. The summed E-state index contributed by atoms with van der Waals surface area (Å²) < 4.78 is 0. The number of nitrogens with zero attached hydrogens (tertiary/aromatic N) is 1. The molecule has 2 aromatic carbocycles. The topological polar surface area (TPSA) is 90.5 Å². The van der Waals surface area contributed by atoms with Crippen molar-refractivity contribution in [3.05, 3.63) is 59.7 Å². The Bertz CT molecular complexity index is 907. The molecule has 0 aromatic heterocycles. The molecule has 2 rings (SSSR count). The molecule has 0 aliphatic heterocycles. The summed E-state index contributed by atoms with van der Waals surface area (Å²) >= 11 is 0. The van der Waals surface area contributed by atoms with Gasteiger partial charge in [0.25, 0.3) is 11.8 Å². The predicted octanol–water partition coefficient (Wildman–Crippen LogP) is 3.61. The number of anilines is 2. The zero-order valence-corrected chi connectivity index (χ0v) is 18.7. The molecule has 3 amide bonds. The normalized spacial score (nSPS) is 10.5. The van der Waals surface area contributed by atoms with Crippen LogP contribution in [0.4, 0.5) is 11.4 Å². The fourth-order valence-corrected chi connectivity index (χ4v) is 3.06. The fraction of sp³-hybridized carbons (Fsp3) is 0.375. The van der Waals surface area contributed by atoms with E-state index in [0.29, 0.717) is 48.1 Å². The van der Waals surface area contributed by atoms with Gasteiger partial charge in [0.1, 0.15) is 0 Å². The minimum atomic E-state index is -0.311. The summed E-state index contributed by atoms with van der Waals surface area (Å²) in [6.45, 7) is 9.63. The van der Waals surface area contributed by atoms with Gasteiger partial charge >= 0.3 is 0 Å². The molecule has 0 atom stereocenters. The molecule has 0 saturated heterocycles. The molecule has 166 valence electrons. The third-order valence-electron chi connectivity index (χ3n) is 4.76. The molecule has 0 radical (unpaired) electrons. The highest BCUT2D eigenvalue weighted by Gasteiger charge is 2.17. The van der Waals surface area contributed by atoms with Crippen LogP contribution in [-0.4, -0.2) is 48.8 Å². The quantitative estimate of drug-likeness (QED) is 0.543. The van der Waals surface area contributed by atoms with E-state index < -0.39 is 0 Å². The number of hydrogen-bond acceptors (Lipinski definition) is 4. The highest BCUT2D eigenvalue weighted by Crippen LogP contribution is 2.18. The summed E-state index contributed by atoms with van der Waals surface area (Å²) in [6.07, 6.45) is 0. The van der Waals surface area contributed by atoms with Gasteiger partial charge in [-0.05, 0) is 44.0 Å². The molecule has 0 saturated carbocycles. The Hall–Kier alpha value is -3.35. The van der Waals surface area contributed by atoms with Gasteiger partial charge < -0.3 is 20.9 Å². The fourth-order valence-electron chi connectivity index (χ4n) is 3.06. The van der Waals surface area contributed by atoms with Gasteiger partial charge in [-0.25, -0.2) is 0 Å².